The number of carbonyl (C=O) groups excluding carboxylic acids is 3. The first-order chi connectivity index (χ1) is 10.2. The fourth-order valence-electron chi connectivity index (χ4n) is 1.69. The number of hydrogen-bond acceptors (Lipinski definition) is 5. The molecule has 0 aliphatic carbocycles. The molecule has 1 N–H and O–H groups in total. The normalized spacial score (nSPS) is 12.3. The maximum atomic E-state index is 12.2. The van der Waals surface area contributed by atoms with Gasteiger partial charge >= 0.3 is 0 Å². The van der Waals surface area contributed by atoms with E-state index in [2.05, 4.69) is 5.32 Å². The van der Waals surface area contributed by atoms with Crippen LogP contribution in [0.2, 0.25) is 0 Å². The third-order valence-corrected chi connectivity index (χ3v) is 4.05. The SMILES string of the molecule is Cc1ccc(C(=O)[C@@H](C#N)C(=O)CCNC(=O)C(C)(C)C)s1. The Balaban J connectivity index is 2.61. The molecule has 0 saturated carbocycles. The van der Waals surface area contributed by atoms with Crippen LogP contribution in [0.25, 0.3) is 0 Å². The van der Waals surface area contributed by atoms with E-state index in [0.29, 0.717) is 4.88 Å². The van der Waals surface area contributed by atoms with Gasteiger partial charge in [-0.15, -0.1) is 11.3 Å². The van der Waals surface area contributed by atoms with Crippen LogP contribution >= 0.6 is 11.3 Å². The molecule has 1 aromatic heterocycles. The third-order valence-electron chi connectivity index (χ3n) is 3.03. The summed E-state index contributed by atoms with van der Waals surface area (Å²) < 4.78 is 0. The average molecular weight is 320 g/mol. The van der Waals surface area contributed by atoms with E-state index in [4.69, 9.17) is 5.26 Å². The van der Waals surface area contributed by atoms with E-state index in [1.807, 2.05) is 6.92 Å². The molecule has 0 bridgehead atoms. The summed E-state index contributed by atoms with van der Waals surface area (Å²) in [5, 5.41) is 11.7. The van der Waals surface area contributed by atoms with Crippen molar-refractivity contribution in [3.05, 3.63) is 21.9 Å². The van der Waals surface area contributed by atoms with Crippen LogP contribution in [-0.4, -0.2) is 24.0 Å². The molecule has 118 valence electrons. The Bertz CT molecular complexity index is 620. The topological polar surface area (TPSA) is 87.0 Å². The van der Waals surface area contributed by atoms with Gasteiger partial charge in [-0.2, -0.15) is 5.26 Å². The smallest absolute Gasteiger partial charge is 0.225 e. The summed E-state index contributed by atoms with van der Waals surface area (Å²) in [4.78, 5) is 37.3. The quantitative estimate of drug-likeness (QED) is 0.644. The summed E-state index contributed by atoms with van der Waals surface area (Å²) in [5.41, 5.74) is -0.540. The van der Waals surface area contributed by atoms with Crippen molar-refractivity contribution in [2.45, 2.75) is 34.1 Å². The molecule has 0 saturated heterocycles. The lowest BCUT2D eigenvalue weighted by Gasteiger charge is -2.17. The van der Waals surface area contributed by atoms with E-state index in [-0.39, 0.29) is 18.9 Å². The molecule has 0 fully saturated rings. The van der Waals surface area contributed by atoms with Crippen LogP contribution in [0, 0.1) is 29.6 Å². The van der Waals surface area contributed by atoms with Gasteiger partial charge in [-0.25, -0.2) is 0 Å². The number of amides is 1. The Labute approximate surface area is 134 Å². The van der Waals surface area contributed by atoms with Crippen LogP contribution in [-0.2, 0) is 9.59 Å². The first-order valence-corrected chi connectivity index (χ1v) is 7.79. The Morgan fingerprint density at radius 2 is 1.95 bits per heavy atom. The lowest BCUT2D eigenvalue weighted by atomic mass is 9.95. The van der Waals surface area contributed by atoms with E-state index < -0.39 is 22.9 Å². The number of ketones is 2. The summed E-state index contributed by atoms with van der Waals surface area (Å²) in [5.74, 6) is -2.40. The zero-order valence-electron chi connectivity index (χ0n) is 13.2. The number of nitrogens with zero attached hydrogens (tertiary/aromatic N) is 1. The molecule has 1 atom stereocenters. The van der Waals surface area contributed by atoms with Crippen molar-refractivity contribution in [1.82, 2.24) is 5.32 Å². The molecule has 1 rings (SSSR count). The summed E-state index contributed by atoms with van der Waals surface area (Å²) in [6.07, 6.45) is -0.0316. The highest BCUT2D eigenvalue weighted by Crippen LogP contribution is 2.20. The second-order valence-electron chi connectivity index (χ2n) is 6.06. The zero-order valence-corrected chi connectivity index (χ0v) is 14.0. The van der Waals surface area contributed by atoms with E-state index in [0.717, 1.165) is 4.88 Å². The standard InChI is InChI=1S/C16H20N2O3S/c1-10-5-6-13(22-10)14(20)11(9-17)12(19)7-8-18-15(21)16(2,3)4/h5-6,11H,7-8H2,1-4H3,(H,18,21)/t11-/m0/s1. The van der Waals surface area contributed by atoms with Crippen LogP contribution in [0.5, 0.6) is 0 Å². The number of aryl methyl sites for hydroxylation is 1. The molecule has 0 radical (unpaired) electrons. The average Bonchev–Trinajstić information content (AvgIpc) is 2.85. The molecule has 22 heavy (non-hydrogen) atoms. The number of carbonyl (C=O) groups is 3. The fraction of sp³-hybridized carbons (Fsp3) is 0.500. The predicted molar refractivity (Wildman–Crippen MR) is 84.6 cm³/mol. The van der Waals surface area contributed by atoms with E-state index in [9.17, 15) is 14.4 Å². The van der Waals surface area contributed by atoms with Gasteiger partial charge in [0.05, 0.1) is 10.9 Å². The summed E-state index contributed by atoms with van der Waals surface area (Å²) in [7, 11) is 0. The van der Waals surface area contributed by atoms with Crippen LogP contribution in [0.3, 0.4) is 0 Å². The van der Waals surface area contributed by atoms with Crippen molar-refractivity contribution in [2.24, 2.45) is 11.3 Å². The number of Topliss-reactive ketones (excluding diaryl/α,β-unsaturated/α-hetero) is 2. The highest BCUT2D eigenvalue weighted by Gasteiger charge is 2.28. The van der Waals surface area contributed by atoms with Gasteiger partial charge in [0.1, 0.15) is 0 Å². The van der Waals surface area contributed by atoms with Gasteiger partial charge in [0.2, 0.25) is 5.91 Å². The Kier molecular flexibility index (Phi) is 6.01. The largest absolute Gasteiger partial charge is 0.355 e. The van der Waals surface area contributed by atoms with Crippen molar-refractivity contribution < 1.29 is 14.4 Å². The van der Waals surface area contributed by atoms with E-state index in [1.54, 1.807) is 39.0 Å². The van der Waals surface area contributed by atoms with Gasteiger partial charge in [0.25, 0.3) is 0 Å². The van der Waals surface area contributed by atoms with Crippen LogP contribution < -0.4 is 5.32 Å². The fourth-order valence-corrected chi connectivity index (χ4v) is 2.53. The Morgan fingerprint density at radius 3 is 2.41 bits per heavy atom. The summed E-state index contributed by atoms with van der Waals surface area (Å²) in [6.45, 7) is 7.29. The minimum Gasteiger partial charge on any atom is -0.355 e. The molecule has 1 aromatic rings. The number of hydrogen-bond donors (Lipinski definition) is 1. The van der Waals surface area contributed by atoms with Crippen molar-refractivity contribution in [3.63, 3.8) is 0 Å². The second-order valence-corrected chi connectivity index (χ2v) is 7.35. The lowest BCUT2D eigenvalue weighted by Crippen LogP contribution is -2.36. The minimum absolute atomic E-state index is 0.0316. The second kappa shape index (κ2) is 7.32. The van der Waals surface area contributed by atoms with Gasteiger partial charge in [-0.05, 0) is 19.1 Å². The molecule has 0 spiro atoms. The van der Waals surface area contributed by atoms with Crippen LogP contribution in [0.15, 0.2) is 12.1 Å². The molecule has 1 heterocycles. The highest BCUT2D eigenvalue weighted by atomic mass is 32.1. The summed E-state index contributed by atoms with van der Waals surface area (Å²) >= 11 is 1.27. The summed E-state index contributed by atoms with van der Waals surface area (Å²) in [6, 6.07) is 5.18. The molecule has 5 nitrogen and oxygen atoms in total. The predicted octanol–water partition coefficient (Wildman–Crippen LogP) is 2.50. The monoisotopic (exact) mass is 320 g/mol. The molecule has 0 aromatic carbocycles. The molecule has 1 amide bonds. The van der Waals surface area contributed by atoms with Gasteiger partial charge in [-0.1, -0.05) is 20.8 Å². The van der Waals surface area contributed by atoms with Gasteiger partial charge < -0.3 is 5.32 Å². The van der Waals surface area contributed by atoms with E-state index in [1.165, 1.54) is 11.3 Å². The first kappa shape index (κ1) is 18.1. The molecular weight excluding hydrogens is 300 g/mol. The van der Waals surface area contributed by atoms with E-state index >= 15 is 0 Å². The van der Waals surface area contributed by atoms with Crippen LogP contribution in [0.4, 0.5) is 0 Å². The maximum Gasteiger partial charge on any atom is 0.225 e. The van der Waals surface area contributed by atoms with Crippen LogP contribution in [0.1, 0.15) is 41.7 Å². The first-order valence-electron chi connectivity index (χ1n) is 6.98. The van der Waals surface area contributed by atoms with Crippen molar-refractivity contribution in [3.8, 4) is 6.07 Å². The molecule has 6 heteroatoms. The highest BCUT2D eigenvalue weighted by molar-refractivity contribution is 7.14. The van der Waals surface area contributed by atoms with Gasteiger partial charge in [0, 0.05) is 23.3 Å². The Hall–Kier alpha value is -2.00. The van der Waals surface area contributed by atoms with Crippen molar-refractivity contribution in [1.29, 1.82) is 5.26 Å². The number of thiophene rings is 1. The lowest BCUT2D eigenvalue weighted by molar-refractivity contribution is -0.128. The van der Waals surface area contributed by atoms with Crippen molar-refractivity contribution in [2.75, 3.05) is 6.54 Å². The number of nitriles is 1. The van der Waals surface area contributed by atoms with Gasteiger partial charge in [-0.3, -0.25) is 14.4 Å². The Morgan fingerprint density at radius 1 is 1.32 bits per heavy atom. The number of nitrogens with one attached hydrogen (secondary N) is 1. The number of rotatable bonds is 6. The molecular formula is C16H20N2O3S. The van der Waals surface area contributed by atoms with Gasteiger partial charge in [0.15, 0.2) is 17.5 Å². The molecule has 0 aliphatic heterocycles. The third kappa shape index (κ3) is 4.78. The minimum atomic E-state index is -1.30. The van der Waals surface area contributed by atoms with Crippen molar-refractivity contribution >= 4 is 28.8 Å². The molecule has 0 aliphatic rings. The maximum absolute atomic E-state index is 12.2. The zero-order chi connectivity index (χ0) is 16.9. The molecule has 0 unspecified atom stereocenters.